The molecular formula is C40H54HfTi. The largest absolute Gasteiger partial charge is 4.00 e. The molecule has 0 fully saturated rings. The van der Waals surface area contributed by atoms with Crippen molar-refractivity contribution in [2.75, 3.05) is 0 Å². The maximum Gasteiger partial charge on any atom is 4.00 e. The molecule has 0 saturated carbocycles. The molecule has 0 aliphatic carbocycles. The van der Waals surface area contributed by atoms with Crippen LogP contribution in [0.15, 0.2) is 147 Å². The maximum atomic E-state index is 3.72. The second-order valence-electron chi connectivity index (χ2n) is 8.77. The van der Waals surface area contributed by atoms with Crippen LogP contribution in [-0.2, 0) is 60.4 Å². The Morgan fingerprint density at radius 2 is 1.26 bits per heavy atom. The molecule has 0 radical (unpaired) electrons. The van der Waals surface area contributed by atoms with E-state index in [4.69, 9.17) is 0 Å². The van der Waals surface area contributed by atoms with E-state index < -0.39 is 0 Å². The first-order valence-corrected chi connectivity index (χ1v) is 13.2. The Morgan fingerprint density at radius 1 is 0.619 bits per heavy atom. The molecule has 222 valence electrons. The van der Waals surface area contributed by atoms with Crippen LogP contribution in [0.5, 0.6) is 0 Å². The average Bonchev–Trinajstić information content (AvgIpc) is 3.75. The van der Waals surface area contributed by atoms with Crippen LogP contribution < -0.4 is 0 Å². The molecule has 0 spiro atoms. The van der Waals surface area contributed by atoms with Crippen molar-refractivity contribution < 1.29 is 47.6 Å². The van der Waals surface area contributed by atoms with Gasteiger partial charge in [0.15, 0.2) is 0 Å². The van der Waals surface area contributed by atoms with E-state index in [-0.39, 0.29) is 77.3 Å². The molecule has 0 amide bonds. The molecule has 0 aliphatic heterocycles. The van der Waals surface area contributed by atoms with Gasteiger partial charge in [-0.1, -0.05) is 43.9 Å². The van der Waals surface area contributed by atoms with E-state index in [0.29, 0.717) is 0 Å². The number of fused-ring (bicyclic) bond motifs is 1. The summed E-state index contributed by atoms with van der Waals surface area (Å²) < 4.78 is 0. The monoisotopic (exact) mass is 762 g/mol. The number of aryl methyl sites for hydroxylation is 2. The van der Waals surface area contributed by atoms with Gasteiger partial charge in [-0.25, -0.2) is 36.4 Å². The first-order chi connectivity index (χ1) is 17.8. The molecule has 0 aromatic heterocycles. The Bertz CT molecular complexity index is 1060. The van der Waals surface area contributed by atoms with E-state index in [9.17, 15) is 0 Å². The number of unbranched alkanes of at least 4 members (excludes halogenated alkanes) is 4. The van der Waals surface area contributed by atoms with Crippen molar-refractivity contribution in [3.8, 4) is 0 Å². The molecule has 0 nitrogen and oxygen atoms in total. The number of benzene rings is 1. The van der Waals surface area contributed by atoms with Crippen molar-refractivity contribution in [2.24, 2.45) is 0 Å². The zero-order chi connectivity index (χ0) is 25.5. The molecular weight excluding hydrogens is 707 g/mol. The summed E-state index contributed by atoms with van der Waals surface area (Å²) in [7, 11) is 0. The van der Waals surface area contributed by atoms with E-state index in [1.165, 1.54) is 60.4 Å². The number of hydrogen-bond donors (Lipinski definition) is 0. The molecule has 0 unspecified atom stereocenters. The molecule has 42 heavy (non-hydrogen) atoms. The molecule has 2 heteroatoms. The quantitative estimate of drug-likeness (QED) is 0.0576. The molecule has 5 aromatic rings. The van der Waals surface area contributed by atoms with Gasteiger partial charge in [-0.15, -0.1) is 42.8 Å². The van der Waals surface area contributed by atoms with Gasteiger partial charge < -0.3 is 29.7 Å². The fourth-order valence-corrected chi connectivity index (χ4v) is 3.79. The molecule has 0 N–H and O–H groups in total. The van der Waals surface area contributed by atoms with Crippen molar-refractivity contribution in [1.29, 1.82) is 0 Å². The third-order valence-electron chi connectivity index (χ3n) is 5.83. The van der Waals surface area contributed by atoms with Crippen LogP contribution in [0.25, 0.3) is 10.8 Å². The van der Waals surface area contributed by atoms with Gasteiger partial charge in [0, 0.05) is 0 Å². The van der Waals surface area contributed by atoms with E-state index in [2.05, 4.69) is 104 Å². The van der Waals surface area contributed by atoms with Crippen LogP contribution in [-0.4, -0.2) is 0 Å². The van der Waals surface area contributed by atoms with Gasteiger partial charge in [0.2, 0.25) is 0 Å². The van der Waals surface area contributed by atoms with Crippen molar-refractivity contribution in [3.05, 3.63) is 187 Å². The van der Waals surface area contributed by atoms with Gasteiger partial charge in [0.25, 0.3) is 0 Å². The van der Waals surface area contributed by atoms with Crippen LogP contribution in [0.3, 0.4) is 0 Å². The van der Waals surface area contributed by atoms with Crippen molar-refractivity contribution in [1.82, 2.24) is 0 Å². The van der Waals surface area contributed by atoms with E-state index in [1.807, 2.05) is 42.5 Å². The molecule has 5 aromatic carbocycles. The van der Waals surface area contributed by atoms with Crippen LogP contribution in [0.1, 0.15) is 49.7 Å². The van der Waals surface area contributed by atoms with Gasteiger partial charge in [-0.2, -0.15) is 71.1 Å². The summed E-state index contributed by atoms with van der Waals surface area (Å²) in [5.41, 5.74) is 2.90. The van der Waals surface area contributed by atoms with Crippen molar-refractivity contribution in [2.45, 2.75) is 51.4 Å². The molecule has 0 bridgehead atoms. The summed E-state index contributed by atoms with van der Waals surface area (Å²) in [5, 5.41) is 2.66. The second-order valence-corrected chi connectivity index (χ2v) is 8.77. The SMILES string of the molecule is C=CCCCCCC[c-]1cccc1.C=CCCc1ccc[cH-]1.[CH3-].[CH3-].[CH3-].[CH3-].[Hf+4].[Ti+4].c1cc[cH-]c1.c1ccc2[cH-]ccc2c1. The van der Waals surface area contributed by atoms with Gasteiger partial charge in [0.1, 0.15) is 0 Å². The maximum absolute atomic E-state index is 3.72. The minimum Gasteiger partial charge on any atom is -0.358 e. The Hall–Kier alpha value is -2.06. The first kappa shape index (κ1) is 49.6. The summed E-state index contributed by atoms with van der Waals surface area (Å²) in [5.74, 6) is 0. The summed E-state index contributed by atoms with van der Waals surface area (Å²) in [6.45, 7) is 7.38. The molecule has 0 aliphatic rings. The Balaban J connectivity index is -0.000000143. The fourth-order valence-electron chi connectivity index (χ4n) is 3.79. The van der Waals surface area contributed by atoms with Crippen LogP contribution in [0.4, 0.5) is 0 Å². The predicted molar refractivity (Wildman–Crippen MR) is 187 cm³/mol. The third-order valence-corrected chi connectivity index (χ3v) is 5.83. The third kappa shape index (κ3) is 24.5. The molecule has 5 rings (SSSR count). The predicted octanol–water partition coefficient (Wildman–Crippen LogP) is 12.4. The molecule has 0 atom stereocenters. The minimum absolute atomic E-state index is 0. The van der Waals surface area contributed by atoms with Gasteiger partial charge in [-0.3, -0.25) is 0 Å². The van der Waals surface area contributed by atoms with E-state index in [0.717, 1.165) is 12.8 Å². The molecule has 0 heterocycles. The number of rotatable bonds is 10. The van der Waals surface area contributed by atoms with Gasteiger partial charge in [0.05, 0.1) is 0 Å². The Labute approximate surface area is 295 Å². The summed E-state index contributed by atoms with van der Waals surface area (Å²) in [6.07, 6.45) is 14.0. The van der Waals surface area contributed by atoms with E-state index >= 15 is 0 Å². The standard InChI is InChI=1S/C13H19.C9H7.C9H11.C5H5.4CH3.Hf.Ti/c1-2-3-4-5-6-7-10-13-11-8-9-12-13;1-2-5-9-7-3-6-8(9)4-1;1-2-3-6-9-7-4-5-8-9;1-2-4-5-3-1;;;;;;/h2,8-9,11-12H,1,3-7,10H2;1-7H;2,4-5,7-8H,1,3,6H2;1-5H;4*1H3;;/q8*-1;2*+4. The summed E-state index contributed by atoms with van der Waals surface area (Å²) >= 11 is 0. The zero-order valence-corrected chi connectivity index (χ0v) is 31.9. The Kier molecular flexibility index (Phi) is 41.5. The van der Waals surface area contributed by atoms with Crippen LogP contribution >= 0.6 is 0 Å². The summed E-state index contributed by atoms with van der Waals surface area (Å²) in [4.78, 5) is 0. The number of allylic oxidation sites excluding steroid dienone is 2. The smallest absolute Gasteiger partial charge is 0.358 e. The van der Waals surface area contributed by atoms with Crippen LogP contribution in [0.2, 0.25) is 0 Å². The Morgan fingerprint density at radius 3 is 1.81 bits per heavy atom. The normalized spacial score (nSPS) is 8.29. The van der Waals surface area contributed by atoms with Gasteiger partial charge >= 0.3 is 47.6 Å². The first-order valence-electron chi connectivity index (χ1n) is 13.2. The van der Waals surface area contributed by atoms with Crippen LogP contribution in [0, 0.1) is 29.7 Å². The minimum atomic E-state index is 0. The average molecular weight is 761 g/mol. The second kappa shape index (κ2) is 35.1. The fraction of sp³-hybridized carbons (Fsp3) is 0.200. The van der Waals surface area contributed by atoms with E-state index in [1.54, 1.807) is 0 Å². The summed E-state index contributed by atoms with van der Waals surface area (Å²) in [6, 6.07) is 41.8. The van der Waals surface area contributed by atoms with Crippen molar-refractivity contribution >= 4 is 10.8 Å². The van der Waals surface area contributed by atoms with Gasteiger partial charge in [-0.05, 0) is 25.7 Å². The topological polar surface area (TPSA) is 0 Å². The molecule has 0 saturated heterocycles. The number of hydrogen-bond acceptors (Lipinski definition) is 0. The van der Waals surface area contributed by atoms with Crippen molar-refractivity contribution in [3.63, 3.8) is 0 Å². The zero-order valence-electron chi connectivity index (χ0n) is 26.8.